The third kappa shape index (κ3) is 15.2. The van der Waals surface area contributed by atoms with Gasteiger partial charge in [-0.1, -0.05) is 53.1 Å². The van der Waals surface area contributed by atoms with Gasteiger partial charge in [-0.15, -0.1) is 22.6 Å². The molecule has 0 radical (unpaired) electrons. The van der Waals surface area contributed by atoms with Gasteiger partial charge in [0.15, 0.2) is 11.0 Å². The van der Waals surface area contributed by atoms with Crippen molar-refractivity contribution in [3.8, 4) is 0 Å². The van der Waals surface area contributed by atoms with E-state index in [2.05, 4.69) is 77.1 Å². The largest absolute Gasteiger partial charge is 0.349 e. The fraction of sp³-hybridized carbons (Fsp3) is 0.826. The minimum Gasteiger partial charge on any atom is -0.349 e. The van der Waals surface area contributed by atoms with Crippen molar-refractivity contribution in [3.63, 3.8) is 0 Å². The standard InChI is InChI=1S/C23H36F2N4.C19H30ClN3.C4H7F2N.ClH/c1-21(2,3)8-12-28-13-9-22(10-14-28)16-18(22)4-5-19-6-7-20(27-26-19)29-15-11-23(24,25)17-29;1-18(2,3)8-11-23-12-9-19(10-13-23)14-15(19)4-5-16-6-7-17(20)22-21-16;5-4(6)1-2-7-3-4;/h6-7,18H,4-5,8-17H2,1-3H3;6-7,15H,4-5,8-14H2,1-3H3;7H,1-3H2;1H. The number of hydrogen-bond donors (Lipinski definition) is 1. The Labute approximate surface area is 369 Å². The molecule has 4 aliphatic heterocycles. The fourth-order valence-corrected chi connectivity index (χ4v) is 9.77. The van der Waals surface area contributed by atoms with Gasteiger partial charge < -0.3 is 20.0 Å². The Kier molecular flexibility index (Phi) is 16.6. The van der Waals surface area contributed by atoms with E-state index in [1.54, 1.807) is 4.90 Å². The first kappa shape index (κ1) is 49.2. The molecule has 2 aliphatic carbocycles. The Morgan fingerprint density at radius 2 is 1.15 bits per heavy atom. The van der Waals surface area contributed by atoms with Crippen molar-refractivity contribution in [2.24, 2.45) is 33.5 Å². The predicted molar refractivity (Wildman–Crippen MR) is 238 cm³/mol. The van der Waals surface area contributed by atoms with Gasteiger partial charge in [-0.05, 0) is 174 Å². The van der Waals surface area contributed by atoms with Crippen molar-refractivity contribution in [2.45, 2.75) is 143 Å². The van der Waals surface area contributed by atoms with Crippen LogP contribution in [0.4, 0.5) is 23.4 Å². The van der Waals surface area contributed by atoms with Crippen LogP contribution in [0.15, 0.2) is 24.3 Å². The first-order valence-corrected chi connectivity index (χ1v) is 23.1. The van der Waals surface area contributed by atoms with E-state index in [4.69, 9.17) is 11.6 Å². The lowest BCUT2D eigenvalue weighted by Crippen LogP contribution is -2.37. The molecule has 0 aromatic carbocycles. The Morgan fingerprint density at radius 1 is 0.650 bits per heavy atom. The summed E-state index contributed by atoms with van der Waals surface area (Å²) in [4.78, 5) is 6.97. The summed E-state index contributed by atoms with van der Waals surface area (Å²) >= 11 is 5.79. The molecule has 6 aliphatic rings. The molecule has 2 saturated carbocycles. The zero-order valence-corrected chi connectivity index (χ0v) is 38.9. The number of nitrogens with zero attached hydrogens (tertiary/aromatic N) is 7. The molecular formula is C46H74Cl2F4N8. The molecule has 2 spiro atoms. The molecule has 1 N–H and O–H groups in total. The van der Waals surface area contributed by atoms with Crippen LogP contribution >= 0.6 is 24.0 Å². The lowest BCUT2D eigenvalue weighted by atomic mass is 9.88. The van der Waals surface area contributed by atoms with Crippen molar-refractivity contribution in [1.29, 1.82) is 0 Å². The molecule has 4 saturated heterocycles. The Hall–Kier alpha value is -1.86. The van der Waals surface area contributed by atoms with Gasteiger partial charge in [0.25, 0.3) is 11.8 Å². The van der Waals surface area contributed by atoms with E-state index in [1.807, 2.05) is 24.3 Å². The van der Waals surface area contributed by atoms with Gasteiger partial charge in [-0.25, -0.2) is 17.6 Å². The smallest absolute Gasteiger partial charge is 0.266 e. The Morgan fingerprint density at radius 3 is 1.50 bits per heavy atom. The number of likely N-dealkylation sites (tertiary alicyclic amines) is 2. The average molecular weight is 886 g/mol. The van der Waals surface area contributed by atoms with E-state index in [0.717, 1.165) is 36.1 Å². The molecule has 14 heteroatoms. The number of anilines is 1. The number of aryl methyl sites for hydroxylation is 2. The molecule has 2 aromatic heterocycles. The number of alkyl halides is 4. The second-order valence-corrected chi connectivity index (χ2v) is 21.8. The van der Waals surface area contributed by atoms with Gasteiger partial charge >= 0.3 is 0 Å². The van der Waals surface area contributed by atoms with E-state index in [9.17, 15) is 17.6 Å². The summed E-state index contributed by atoms with van der Waals surface area (Å²) < 4.78 is 50.5. The van der Waals surface area contributed by atoms with Crippen LogP contribution in [0.25, 0.3) is 0 Å². The summed E-state index contributed by atoms with van der Waals surface area (Å²) in [6.45, 7) is 22.1. The van der Waals surface area contributed by atoms with Gasteiger partial charge in [0.1, 0.15) is 0 Å². The molecule has 2 atom stereocenters. The highest BCUT2D eigenvalue weighted by Crippen LogP contribution is 2.62. The molecule has 0 amide bonds. The van der Waals surface area contributed by atoms with Crippen LogP contribution < -0.4 is 10.2 Å². The van der Waals surface area contributed by atoms with Crippen molar-refractivity contribution in [3.05, 3.63) is 40.8 Å². The first-order chi connectivity index (χ1) is 27.7. The van der Waals surface area contributed by atoms with Crippen LogP contribution in [-0.4, -0.2) is 107 Å². The van der Waals surface area contributed by atoms with E-state index in [-0.39, 0.29) is 38.3 Å². The van der Waals surface area contributed by atoms with Gasteiger partial charge in [-0.3, -0.25) is 0 Å². The highest BCUT2D eigenvalue weighted by molar-refractivity contribution is 6.29. The summed E-state index contributed by atoms with van der Waals surface area (Å²) in [6.07, 6.45) is 15.2. The van der Waals surface area contributed by atoms with E-state index < -0.39 is 11.8 Å². The van der Waals surface area contributed by atoms with Gasteiger partial charge in [0.2, 0.25) is 0 Å². The Bertz CT molecular complexity index is 1590. The van der Waals surface area contributed by atoms with Gasteiger partial charge in [-0.2, -0.15) is 10.2 Å². The zero-order valence-electron chi connectivity index (χ0n) is 37.4. The first-order valence-electron chi connectivity index (χ1n) is 22.7. The Balaban J connectivity index is 0.000000196. The average Bonchev–Trinajstić information content (AvgIpc) is 3.92. The lowest BCUT2D eigenvalue weighted by molar-refractivity contribution is 0.0235. The fourth-order valence-electron chi connectivity index (χ4n) is 9.67. The van der Waals surface area contributed by atoms with Gasteiger partial charge in [0.05, 0.1) is 24.5 Å². The minimum absolute atomic E-state index is 0. The van der Waals surface area contributed by atoms with Gasteiger partial charge in [0, 0.05) is 25.9 Å². The third-order valence-electron chi connectivity index (χ3n) is 14.2. The monoisotopic (exact) mass is 885 g/mol. The molecular weight excluding hydrogens is 811 g/mol. The van der Waals surface area contributed by atoms with E-state index in [1.165, 1.54) is 103 Å². The topological polar surface area (TPSA) is 73.3 Å². The molecule has 8 nitrogen and oxygen atoms in total. The number of rotatable bonds is 11. The predicted octanol–water partition coefficient (Wildman–Crippen LogP) is 10.4. The molecule has 6 heterocycles. The lowest BCUT2D eigenvalue weighted by Gasteiger charge is -2.34. The highest BCUT2D eigenvalue weighted by Gasteiger charge is 2.55. The van der Waals surface area contributed by atoms with E-state index in [0.29, 0.717) is 45.7 Å². The minimum atomic E-state index is -2.59. The van der Waals surface area contributed by atoms with Crippen LogP contribution in [0.3, 0.4) is 0 Å². The second-order valence-electron chi connectivity index (χ2n) is 21.4. The molecule has 60 heavy (non-hydrogen) atoms. The molecule has 6 fully saturated rings. The maximum atomic E-state index is 13.4. The third-order valence-corrected chi connectivity index (χ3v) is 14.4. The number of piperidine rings is 2. The molecule has 8 rings (SSSR count). The number of aromatic nitrogens is 4. The maximum absolute atomic E-state index is 13.4. The quantitative estimate of drug-likeness (QED) is 0.224. The van der Waals surface area contributed by atoms with Crippen LogP contribution in [0.5, 0.6) is 0 Å². The van der Waals surface area contributed by atoms with Crippen LogP contribution in [-0.2, 0) is 12.8 Å². The summed E-state index contributed by atoms with van der Waals surface area (Å²) in [6, 6.07) is 7.70. The van der Waals surface area contributed by atoms with Crippen LogP contribution in [0.1, 0.15) is 130 Å². The second kappa shape index (κ2) is 20.3. The van der Waals surface area contributed by atoms with Crippen molar-refractivity contribution < 1.29 is 17.6 Å². The maximum Gasteiger partial charge on any atom is 0.266 e. The molecule has 2 unspecified atom stereocenters. The van der Waals surface area contributed by atoms with E-state index >= 15 is 0 Å². The summed E-state index contributed by atoms with van der Waals surface area (Å²) in [5.74, 6) is -2.70. The number of halogens is 6. The summed E-state index contributed by atoms with van der Waals surface area (Å²) in [5, 5.41) is 19.7. The SMILES string of the molecule is CC(C)(C)CCN1CCC2(CC1)CC2CCc1ccc(Cl)nn1.CC(C)(C)CCN1CCC2(CC1)CC2CCc1ccc(N2CCC(F)(F)C2)nn1.Cl.FC1(F)CCNC1. The molecule has 340 valence electrons. The summed E-state index contributed by atoms with van der Waals surface area (Å²) in [7, 11) is 0. The zero-order chi connectivity index (χ0) is 42.5. The van der Waals surface area contributed by atoms with Crippen LogP contribution in [0.2, 0.25) is 5.15 Å². The van der Waals surface area contributed by atoms with Crippen molar-refractivity contribution in [2.75, 3.05) is 70.3 Å². The number of hydrogen-bond acceptors (Lipinski definition) is 8. The van der Waals surface area contributed by atoms with Crippen molar-refractivity contribution in [1.82, 2.24) is 35.5 Å². The molecule has 0 bridgehead atoms. The highest BCUT2D eigenvalue weighted by atomic mass is 35.5. The number of nitrogens with one attached hydrogen (secondary N) is 1. The normalized spacial score (nSPS) is 25.2. The van der Waals surface area contributed by atoms with Crippen LogP contribution in [0, 0.1) is 33.5 Å². The molecule has 2 aromatic rings. The van der Waals surface area contributed by atoms with Crippen molar-refractivity contribution >= 4 is 29.8 Å². The summed E-state index contributed by atoms with van der Waals surface area (Å²) in [5.41, 5.74) is 4.20.